The van der Waals surface area contributed by atoms with Crippen LogP contribution in [-0.2, 0) is 0 Å². The number of hydrogen-bond donors (Lipinski definition) is 1. The number of nitrogens with zero attached hydrogens (tertiary/aromatic N) is 4. The largest absolute Gasteiger partial charge is 0.356 e. The maximum atomic E-state index is 4.46. The third-order valence-electron chi connectivity index (χ3n) is 3.96. The third-order valence-corrected chi connectivity index (χ3v) is 3.96. The van der Waals surface area contributed by atoms with Gasteiger partial charge in [0.25, 0.3) is 0 Å². The summed E-state index contributed by atoms with van der Waals surface area (Å²) in [5.74, 6) is 2.14. The fourth-order valence-corrected chi connectivity index (χ4v) is 2.97. The van der Waals surface area contributed by atoms with Crippen LogP contribution in [0.5, 0.6) is 0 Å². The predicted octanol–water partition coefficient (Wildman–Crippen LogP) is 1.26. The van der Waals surface area contributed by atoms with Crippen LogP contribution in [0.25, 0.3) is 0 Å². The molecule has 3 heterocycles. The highest BCUT2D eigenvalue weighted by molar-refractivity contribution is 5.51. The zero-order valence-electron chi connectivity index (χ0n) is 11.9. The standard InChI is InChI=1S/C14H23N5/c1-14(2)10-19(8-5-17-14)13-9-12(15-11-16-13)18-6-3-4-7-18/h9,11,17H,3-8,10H2,1-2H3. The smallest absolute Gasteiger partial charge is 0.134 e. The number of aromatic nitrogens is 2. The van der Waals surface area contributed by atoms with E-state index in [4.69, 9.17) is 0 Å². The van der Waals surface area contributed by atoms with Crippen molar-refractivity contribution in [2.75, 3.05) is 42.5 Å². The Morgan fingerprint density at radius 3 is 2.42 bits per heavy atom. The van der Waals surface area contributed by atoms with Gasteiger partial charge in [-0.15, -0.1) is 0 Å². The molecule has 0 saturated carbocycles. The molecule has 0 unspecified atom stereocenters. The van der Waals surface area contributed by atoms with E-state index in [-0.39, 0.29) is 5.54 Å². The van der Waals surface area contributed by atoms with Crippen LogP contribution in [0, 0.1) is 0 Å². The van der Waals surface area contributed by atoms with Crippen LogP contribution in [0.1, 0.15) is 26.7 Å². The molecule has 2 fully saturated rings. The van der Waals surface area contributed by atoms with Gasteiger partial charge in [-0.3, -0.25) is 0 Å². The van der Waals surface area contributed by atoms with Gasteiger partial charge >= 0.3 is 0 Å². The van der Waals surface area contributed by atoms with Gasteiger partial charge in [0.2, 0.25) is 0 Å². The molecular weight excluding hydrogens is 238 g/mol. The Balaban J connectivity index is 1.78. The molecular formula is C14H23N5. The first-order valence-electron chi connectivity index (χ1n) is 7.21. The van der Waals surface area contributed by atoms with E-state index in [0.717, 1.165) is 44.4 Å². The molecule has 1 aromatic heterocycles. The minimum atomic E-state index is 0.150. The van der Waals surface area contributed by atoms with Gasteiger partial charge in [-0.2, -0.15) is 0 Å². The monoisotopic (exact) mass is 261 g/mol. The summed E-state index contributed by atoms with van der Waals surface area (Å²) in [6, 6.07) is 2.15. The summed E-state index contributed by atoms with van der Waals surface area (Å²) in [6.45, 7) is 9.75. The first kappa shape index (κ1) is 12.7. The topological polar surface area (TPSA) is 44.3 Å². The second-order valence-corrected chi connectivity index (χ2v) is 6.16. The number of hydrogen-bond acceptors (Lipinski definition) is 5. The summed E-state index contributed by atoms with van der Waals surface area (Å²) < 4.78 is 0. The third kappa shape index (κ3) is 2.81. The molecule has 0 atom stereocenters. The lowest BCUT2D eigenvalue weighted by atomic mass is 10.0. The summed E-state index contributed by atoms with van der Waals surface area (Å²) >= 11 is 0. The minimum Gasteiger partial charge on any atom is -0.356 e. The van der Waals surface area contributed by atoms with Crippen LogP contribution in [0.4, 0.5) is 11.6 Å². The molecule has 5 nitrogen and oxygen atoms in total. The lowest BCUT2D eigenvalue weighted by Crippen LogP contribution is -2.57. The molecule has 0 amide bonds. The Bertz CT molecular complexity index is 439. The summed E-state index contributed by atoms with van der Waals surface area (Å²) in [4.78, 5) is 13.6. The molecule has 2 aliphatic rings. The molecule has 3 rings (SSSR count). The Hall–Kier alpha value is -1.36. The number of anilines is 2. The van der Waals surface area contributed by atoms with Gasteiger partial charge in [-0.1, -0.05) is 0 Å². The maximum Gasteiger partial charge on any atom is 0.134 e. The maximum absolute atomic E-state index is 4.46. The van der Waals surface area contributed by atoms with Crippen molar-refractivity contribution in [2.45, 2.75) is 32.2 Å². The van der Waals surface area contributed by atoms with Crippen molar-refractivity contribution in [3.05, 3.63) is 12.4 Å². The quantitative estimate of drug-likeness (QED) is 0.868. The van der Waals surface area contributed by atoms with Crippen LogP contribution in [0.3, 0.4) is 0 Å². The first-order chi connectivity index (χ1) is 9.14. The molecule has 5 heteroatoms. The number of piperazine rings is 1. The molecule has 1 aromatic rings. The van der Waals surface area contributed by atoms with E-state index in [1.807, 2.05) is 0 Å². The molecule has 2 aliphatic heterocycles. The Labute approximate surface area is 115 Å². The van der Waals surface area contributed by atoms with Crippen LogP contribution in [-0.4, -0.2) is 48.2 Å². The van der Waals surface area contributed by atoms with Crippen LogP contribution in [0.15, 0.2) is 12.4 Å². The molecule has 1 N–H and O–H groups in total. The second kappa shape index (κ2) is 4.96. The fourth-order valence-electron chi connectivity index (χ4n) is 2.97. The van der Waals surface area contributed by atoms with Crippen molar-refractivity contribution in [1.82, 2.24) is 15.3 Å². The molecule has 19 heavy (non-hydrogen) atoms. The van der Waals surface area contributed by atoms with Crippen molar-refractivity contribution >= 4 is 11.6 Å². The molecule has 2 saturated heterocycles. The van der Waals surface area contributed by atoms with Gasteiger partial charge in [0, 0.05) is 44.3 Å². The second-order valence-electron chi connectivity index (χ2n) is 6.16. The Morgan fingerprint density at radius 1 is 1.05 bits per heavy atom. The lowest BCUT2D eigenvalue weighted by Gasteiger charge is -2.39. The number of rotatable bonds is 2. The van der Waals surface area contributed by atoms with Crippen molar-refractivity contribution in [3.8, 4) is 0 Å². The van der Waals surface area contributed by atoms with E-state index in [2.05, 4.69) is 45.0 Å². The van der Waals surface area contributed by atoms with Crippen LogP contribution in [0.2, 0.25) is 0 Å². The predicted molar refractivity (Wildman–Crippen MR) is 77.8 cm³/mol. The van der Waals surface area contributed by atoms with Gasteiger partial charge < -0.3 is 15.1 Å². The van der Waals surface area contributed by atoms with Crippen molar-refractivity contribution in [3.63, 3.8) is 0 Å². The highest BCUT2D eigenvalue weighted by Crippen LogP contribution is 2.23. The zero-order valence-corrected chi connectivity index (χ0v) is 11.9. The normalized spacial score (nSPS) is 22.8. The van der Waals surface area contributed by atoms with Crippen molar-refractivity contribution in [2.24, 2.45) is 0 Å². The fraction of sp³-hybridized carbons (Fsp3) is 0.714. The van der Waals surface area contributed by atoms with Crippen LogP contribution < -0.4 is 15.1 Å². The van der Waals surface area contributed by atoms with E-state index in [1.54, 1.807) is 6.33 Å². The van der Waals surface area contributed by atoms with E-state index >= 15 is 0 Å². The highest BCUT2D eigenvalue weighted by Gasteiger charge is 2.27. The van der Waals surface area contributed by atoms with Gasteiger partial charge in [-0.05, 0) is 26.7 Å². The summed E-state index contributed by atoms with van der Waals surface area (Å²) in [5.41, 5.74) is 0.150. The molecule has 104 valence electrons. The Kier molecular flexibility index (Phi) is 3.31. The van der Waals surface area contributed by atoms with E-state index in [1.165, 1.54) is 12.8 Å². The van der Waals surface area contributed by atoms with Crippen molar-refractivity contribution < 1.29 is 0 Å². The lowest BCUT2D eigenvalue weighted by molar-refractivity contribution is 0.351. The van der Waals surface area contributed by atoms with E-state index < -0.39 is 0 Å². The van der Waals surface area contributed by atoms with Crippen LogP contribution >= 0.6 is 0 Å². The molecule has 0 bridgehead atoms. The zero-order chi connectivity index (χ0) is 13.3. The molecule has 0 aliphatic carbocycles. The first-order valence-corrected chi connectivity index (χ1v) is 7.21. The summed E-state index contributed by atoms with van der Waals surface area (Å²) in [5, 5.41) is 3.53. The van der Waals surface area contributed by atoms with Crippen molar-refractivity contribution in [1.29, 1.82) is 0 Å². The summed E-state index contributed by atoms with van der Waals surface area (Å²) in [6.07, 6.45) is 4.26. The minimum absolute atomic E-state index is 0.150. The highest BCUT2D eigenvalue weighted by atomic mass is 15.3. The van der Waals surface area contributed by atoms with Gasteiger partial charge in [0.1, 0.15) is 18.0 Å². The number of nitrogens with one attached hydrogen (secondary N) is 1. The Morgan fingerprint density at radius 2 is 1.74 bits per heavy atom. The van der Waals surface area contributed by atoms with Gasteiger partial charge in [-0.25, -0.2) is 9.97 Å². The SMILES string of the molecule is CC1(C)CN(c2cc(N3CCCC3)ncn2)CCN1. The van der Waals surface area contributed by atoms with Gasteiger partial charge in [0.15, 0.2) is 0 Å². The van der Waals surface area contributed by atoms with Gasteiger partial charge in [0.05, 0.1) is 0 Å². The summed E-state index contributed by atoms with van der Waals surface area (Å²) in [7, 11) is 0. The van der Waals surface area contributed by atoms with E-state index in [0.29, 0.717) is 0 Å². The molecule has 0 radical (unpaired) electrons. The average molecular weight is 261 g/mol. The molecule has 0 spiro atoms. The molecule has 0 aromatic carbocycles. The average Bonchev–Trinajstić information content (AvgIpc) is 2.92. The van der Waals surface area contributed by atoms with E-state index in [9.17, 15) is 0 Å².